The molecule has 2 rings (SSSR count). The summed E-state index contributed by atoms with van der Waals surface area (Å²) in [7, 11) is 0. The first-order valence-electron chi connectivity index (χ1n) is 4.94. The molecule has 0 aromatic rings. The standard InChI is InChI=1S/C11H15NO2/c12-8-2-1-3-9-7(6-8)4-5-10(13)11(9)14/h4-6,8,10,13-14H,1-3,12H2. The summed E-state index contributed by atoms with van der Waals surface area (Å²) in [5.74, 6) is 0.0906. The lowest BCUT2D eigenvalue weighted by molar-refractivity contribution is 0.188. The Kier molecular flexibility index (Phi) is 2.44. The van der Waals surface area contributed by atoms with Gasteiger partial charge in [0.25, 0.3) is 0 Å². The summed E-state index contributed by atoms with van der Waals surface area (Å²) in [5, 5.41) is 19.1. The van der Waals surface area contributed by atoms with E-state index < -0.39 is 6.10 Å². The third-order valence-corrected chi connectivity index (χ3v) is 2.75. The van der Waals surface area contributed by atoms with Gasteiger partial charge in [0.15, 0.2) is 0 Å². The molecule has 0 saturated heterocycles. The Hall–Kier alpha value is -1.06. The maximum Gasteiger partial charge on any atom is 0.129 e. The number of aliphatic hydroxyl groups is 2. The van der Waals surface area contributed by atoms with Crippen molar-refractivity contribution >= 4 is 0 Å². The van der Waals surface area contributed by atoms with Gasteiger partial charge in [-0.3, -0.25) is 0 Å². The van der Waals surface area contributed by atoms with Gasteiger partial charge in [-0.2, -0.15) is 0 Å². The van der Waals surface area contributed by atoms with E-state index >= 15 is 0 Å². The molecule has 14 heavy (non-hydrogen) atoms. The van der Waals surface area contributed by atoms with E-state index in [1.165, 1.54) is 0 Å². The fourth-order valence-electron chi connectivity index (χ4n) is 1.97. The topological polar surface area (TPSA) is 66.5 Å². The Balaban J connectivity index is 2.39. The van der Waals surface area contributed by atoms with Gasteiger partial charge in [0.05, 0.1) is 0 Å². The largest absolute Gasteiger partial charge is 0.509 e. The molecule has 2 unspecified atom stereocenters. The molecule has 3 heteroatoms. The van der Waals surface area contributed by atoms with E-state index in [0.29, 0.717) is 0 Å². The van der Waals surface area contributed by atoms with Gasteiger partial charge in [0, 0.05) is 6.04 Å². The zero-order valence-electron chi connectivity index (χ0n) is 7.98. The quantitative estimate of drug-likeness (QED) is 0.541. The van der Waals surface area contributed by atoms with Gasteiger partial charge in [-0.25, -0.2) is 0 Å². The van der Waals surface area contributed by atoms with E-state index in [9.17, 15) is 10.2 Å². The van der Waals surface area contributed by atoms with Crippen LogP contribution in [0.3, 0.4) is 0 Å². The molecule has 0 aromatic heterocycles. The Morgan fingerprint density at radius 2 is 2.21 bits per heavy atom. The van der Waals surface area contributed by atoms with Crippen LogP contribution in [0, 0.1) is 0 Å². The molecule has 0 amide bonds. The first kappa shape index (κ1) is 9.49. The minimum atomic E-state index is -0.837. The zero-order valence-corrected chi connectivity index (χ0v) is 7.98. The molecule has 0 saturated carbocycles. The molecular formula is C11H15NO2. The van der Waals surface area contributed by atoms with Crippen molar-refractivity contribution in [3.8, 4) is 0 Å². The summed E-state index contributed by atoms with van der Waals surface area (Å²) in [6, 6.07) is 0.0650. The van der Waals surface area contributed by atoms with Crippen molar-refractivity contribution in [1.82, 2.24) is 0 Å². The van der Waals surface area contributed by atoms with E-state index in [0.717, 1.165) is 30.4 Å². The van der Waals surface area contributed by atoms with Gasteiger partial charge in [0.1, 0.15) is 11.9 Å². The van der Waals surface area contributed by atoms with Gasteiger partial charge in [-0.15, -0.1) is 0 Å². The second-order valence-corrected chi connectivity index (χ2v) is 3.85. The second-order valence-electron chi connectivity index (χ2n) is 3.85. The predicted molar refractivity (Wildman–Crippen MR) is 54.7 cm³/mol. The third kappa shape index (κ3) is 1.61. The number of rotatable bonds is 0. The minimum absolute atomic E-state index is 0.0650. The van der Waals surface area contributed by atoms with Crippen molar-refractivity contribution in [2.24, 2.45) is 5.73 Å². The number of nitrogens with two attached hydrogens (primary N) is 1. The van der Waals surface area contributed by atoms with Crippen LogP contribution < -0.4 is 5.73 Å². The van der Waals surface area contributed by atoms with Crippen LogP contribution in [0.25, 0.3) is 0 Å². The summed E-state index contributed by atoms with van der Waals surface area (Å²) in [4.78, 5) is 0. The number of fused-ring (bicyclic) bond motifs is 1. The highest BCUT2D eigenvalue weighted by molar-refractivity contribution is 5.48. The molecule has 2 aliphatic rings. The van der Waals surface area contributed by atoms with Crippen molar-refractivity contribution in [1.29, 1.82) is 0 Å². The van der Waals surface area contributed by atoms with Crippen LogP contribution in [-0.2, 0) is 0 Å². The molecule has 2 atom stereocenters. The van der Waals surface area contributed by atoms with Crippen LogP contribution >= 0.6 is 0 Å². The van der Waals surface area contributed by atoms with E-state index in [-0.39, 0.29) is 11.8 Å². The molecule has 3 nitrogen and oxygen atoms in total. The molecule has 2 aliphatic carbocycles. The molecule has 0 aliphatic heterocycles. The average molecular weight is 193 g/mol. The SMILES string of the molecule is NC1C=C2C=CC(O)C(O)=C2CCC1. The lowest BCUT2D eigenvalue weighted by atomic mass is 9.94. The fourth-order valence-corrected chi connectivity index (χ4v) is 1.97. The number of aliphatic hydroxyl groups excluding tert-OH is 2. The lowest BCUT2D eigenvalue weighted by Gasteiger charge is -2.17. The Labute approximate surface area is 83.2 Å². The van der Waals surface area contributed by atoms with Gasteiger partial charge in [-0.1, -0.05) is 12.2 Å². The van der Waals surface area contributed by atoms with E-state index in [1.54, 1.807) is 6.08 Å². The van der Waals surface area contributed by atoms with Crippen molar-refractivity contribution < 1.29 is 10.2 Å². The molecule has 4 N–H and O–H groups in total. The van der Waals surface area contributed by atoms with Crippen molar-refractivity contribution in [2.45, 2.75) is 31.4 Å². The van der Waals surface area contributed by atoms with E-state index in [2.05, 4.69) is 0 Å². The molecule has 76 valence electrons. The second kappa shape index (κ2) is 3.59. The highest BCUT2D eigenvalue weighted by Crippen LogP contribution is 2.30. The highest BCUT2D eigenvalue weighted by Gasteiger charge is 2.21. The maximum absolute atomic E-state index is 9.68. The monoisotopic (exact) mass is 193 g/mol. The van der Waals surface area contributed by atoms with Crippen LogP contribution in [0.5, 0.6) is 0 Å². The summed E-state index contributed by atoms with van der Waals surface area (Å²) in [6.07, 6.45) is 7.24. The van der Waals surface area contributed by atoms with Crippen molar-refractivity contribution in [3.63, 3.8) is 0 Å². The molecular weight excluding hydrogens is 178 g/mol. The zero-order chi connectivity index (χ0) is 10.1. The normalized spacial score (nSPS) is 32.3. The molecule has 0 bridgehead atoms. The smallest absolute Gasteiger partial charge is 0.129 e. The van der Waals surface area contributed by atoms with Crippen LogP contribution in [0.15, 0.2) is 35.1 Å². The van der Waals surface area contributed by atoms with Gasteiger partial charge < -0.3 is 15.9 Å². The van der Waals surface area contributed by atoms with Gasteiger partial charge >= 0.3 is 0 Å². The lowest BCUT2D eigenvalue weighted by Crippen LogP contribution is -2.16. The molecule has 0 heterocycles. The van der Waals surface area contributed by atoms with Crippen molar-refractivity contribution in [2.75, 3.05) is 0 Å². The van der Waals surface area contributed by atoms with E-state index in [1.807, 2.05) is 12.2 Å². The maximum atomic E-state index is 9.68. The highest BCUT2D eigenvalue weighted by atomic mass is 16.3. The Morgan fingerprint density at radius 1 is 1.43 bits per heavy atom. The summed E-state index contributed by atoms with van der Waals surface area (Å²) < 4.78 is 0. The van der Waals surface area contributed by atoms with Crippen LogP contribution in [0.2, 0.25) is 0 Å². The van der Waals surface area contributed by atoms with Crippen LogP contribution in [0.1, 0.15) is 19.3 Å². The summed E-state index contributed by atoms with van der Waals surface area (Å²) in [6.45, 7) is 0. The Bertz CT molecular complexity index is 328. The van der Waals surface area contributed by atoms with Crippen LogP contribution in [0.4, 0.5) is 0 Å². The third-order valence-electron chi connectivity index (χ3n) is 2.75. The Morgan fingerprint density at radius 3 is 3.00 bits per heavy atom. The van der Waals surface area contributed by atoms with Gasteiger partial charge in [0.2, 0.25) is 0 Å². The van der Waals surface area contributed by atoms with E-state index in [4.69, 9.17) is 5.73 Å². The van der Waals surface area contributed by atoms with Crippen LogP contribution in [-0.4, -0.2) is 22.4 Å². The molecule has 0 radical (unpaired) electrons. The number of allylic oxidation sites excluding steroid dienone is 3. The molecule has 0 spiro atoms. The average Bonchev–Trinajstić information content (AvgIpc) is 2.34. The van der Waals surface area contributed by atoms with Crippen molar-refractivity contribution in [3.05, 3.63) is 35.1 Å². The predicted octanol–water partition coefficient (Wildman–Crippen LogP) is 1.17. The molecule has 0 aromatic carbocycles. The first-order chi connectivity index (χ1) is 6.68. The fraction of sp³-hybridized carbons (Fsp3) is 0.455. The molecule has 0 fully saturated rings. The number of hydrogen-bond donors (Lipinski definition) is 3. The minimum Gasteiger partial charge on any atom is -0.509 e. The summed E-state index contributed by atoms with van der Waals surface area (Å²) >= 11 is 0. The van der Waals surface area contributed by atoms with Gasteiger partial charge in [-0.05, 0) is 36.5 Å². The number of hydrogen-bond acceptors (Lipinski definition) is 3. The first-order valence-corrected chi connectivity index (χ1v) is 4.94. The summed E-state index contributed by atoms with van der Waals surface area (Å²) in [5.41, 5.74) is 7.67.